The van der Waals surface area contributed by atoms with Crippen LogP contribution in [0.1, 0.15) is 0 Å². The highest BCUT2D eigenvalue weighted by Gasteiger charge is 2.08. The van der Waals surface area contributed by atoms with E-state index in [9.17, 15) is 9.18 Å². The molecule has 2 aromatic rings. The lowest BCUT2D eigenvalue weighted by Crippen LogP contribution is -2.20. The van der Waals surface area contributed by atoms with Crippen molar-refractivity contribution in [1.82, 2.24) is 0 Å². The zero-order valence-electron chi connectivity index (χ0n) is 11.4. The van der Waals surface area contributed by atoms with Gasteiger partial charge in [-0.2, -0.15) is 0 Å². The van der Waals surface area contributed by atoms with Gasteiger partial charge in [-0.1, -0.05) is 0 Å². The van der Waals surface area contributed by atoms with Crippen molar-refractivity contribution in [2.75, 3.05) is 24.8 Å². The number of nitrogen functional groups attached to an aromatic ring is 1. The van der Waals surface area contributed by atoms with Crippen molar-refractivity contribution in [2.45, 2.75) is 0 Å². The summed E-state index contributed by atoms with van der Waals surface area (Å²) >= 11 is 0. The van der Waals surface area contributed by atoms with Crippen LogP contribution in [0.15, 0.2) is 42.5 Å². The fourth-order valence-corrected chi connectivity index (χ4v) is 1.68. The minimum atomic E-state index is -0.365. The number of ether oxygens (including phenoxy) is 2. The number of halogens is 1. The maximum atomic E-state index is 12.7. The average molecular weight is 290 g/mol. The van der Waals surface area contributed by atoms with Gasteiger partial charge < -0.3 is 20.5 Å². The molecule has 0 aliphatic rings. The van der Waals surface area contributed by atoms with E-state index in [-0.39, 0.29) is 18.3 Å². The molecule has 6 heteroatoms. The minimum Gasteiger partial charge on any atom is -0.493 e. The zero-order valence-corrected chi connectivity index (χ0v) is 11.4. The predicted molar refractivity (Wildman–Crippen MR) is 77.9 cm³/mol. The van der Waals surface area contributed by atoms with Crippen LogP contribution in [0.3, 0.4) is 0 Å². The summed E-state index contributed by atoms with van der Waals surface area (Å²) in [4.78, 5) is 11.7. The molecule has 0 saturated carbocycles. The van der Waals surface area contributed by atoms with Crippen LogP contribution in [0, 0.1) is 5.82 Å². The summed E-state index contributed by atoms with van der Waals surface area (Å²) in [5.41, 5.74) is 6.66. The van der Waals surface area contributed by atoms with Crippen LogP contribution in [0.5, 0.6) is 11.5 Å². The molecule has 0 aliphatic heterocycles. The van der Waals surface area contributed by atoms with Gasteiger partial charge in [0, 0.05) is 17.4 Å². The van der Waals surface area contributed by atoms with E-state index in [1.54, 1.807) is 18.2 Å². The van der Waals surface area contributed by atoms with E-state index >= 15 is 0 Å². The molecule has 0 spiro atoms. The Hall–Kier alpha value is -2.76. The number of hydrogen-bond acceptors (Lipinski definition) is 4. The Morgan fingerprint density at radius 1 is 1.19 bits per heavy atom. The van der Waals surface area contributed by atoms with E-state index in [0.29, 0.717) is 22.9 Å². The molecular weight excluding hydrogens is 275 g/mol. The molecule has 2 rings (SSSR count). The van der Waals surface area contributed by atoms with Gasteiger partial charge in [0.05, 0.1) is 7.11 Å². The summed E-state index contributed by atoms with van der Waals surface area (Å²) in [5.74, 6) is 0.141. The largest absolute Gasteiger partial charge is 0.493 e. The van der Waals surface area contributed by atoms with E-state index in [1.165, 1.54) is 31.4 Å². The molecule has 5 nitrogen and oxygen atoms in total. The smallest absolute Gasteiger partial charge is 0.262 e. The minimum absolute atomic E-state index is 0.197. The molecule has 2 aromatic carbocycles. The molecule has 21 heavy (non-hydrogen) atoms. The van der Waals surface area contributed by atoms with Gasteiger partial charge in [-0.25, -0.2) is 4.39 Å². The normalized spacial score (nSPS) is 10.0. The second-order valence-electron chi connectivity index (χ2n) is 4.25. The molecule has 0 fully saturated rings. The monoisotopic (exact) mass is 290 g/mol. The molecule has 3 N–H and O–H groups in total. The average Bonchev–Trinajstić information content (AvgIpc) is 2.48. The van der Waals surface area contributed by atoms with Crippen molar-refractivity contribution >= 4 is 17.3 Å². The number of amides is 1. The Labute approximate surface area is 121 Å². The van der Waals surface area contributed by atoms with Gasteiger partial charge in [0.2, 0.25) is 0 Å². The van der Waals surface area contributed by atoms with Gasteiger partial charge >= 0.3 is 0 Å². The van der Waals surface area contributed by atoms with Crippen LogP contribution >= 0.6 is 0 Å². The van der Waals surface area contributed by atoms with Gasteiger partial charge in [0.1, 0.15) is 5.82 Å². The molecule has 0 aliphatic carbocycles. The summed E-state index contributed by atoms with van der Waals surface area (Å²) < 4.78 is 23.2. The second kappa shape index (κ2) is 6.60. The molecule has 0 unspecified atom stereocenters. The van der Waals surface area contributed by atoms with Crippen molar-refractivity contribution in [2.24, 2.45) is 0 Å². The number of anilines is 2. The van der Waals surface area contributed by atoms with Crippen molar-refractivity contribution in [3.05, 3.63) is 48.3 Å². The standard InChI is InChI=1S/C15H15FN2O3/c1-20-14-8-11(17)4-7-13(14)21-9-15(19)18-12-5-2-10(16)3-6-12/h2-8H,9,17H2,1H3,(H,18,19). The van der Waals surface area contributed by atoms with Crippen LogP contribution in [0.4, 0.5) is 15.8 Å². The van der Waals surface area contributed by atoms with E-state index in [1.807, 2.05) is 0 Å². The Morgan fingerprint density at radius 3 is 2.57 bits per heavy atom. The SMILES string of the molecule is COc1cc(N)ccc1OCC(=O)Nc1ccc(F)cc1. The predicted octanol–water partition coefficient (Wildman–Crippen LogP) is 2.43. The first-order valence-electron chi connectivity index (χ1n) is 6.20. The fourth-order valence-electron chi connectivity index (χ4n) is 1.68. The van der Waals surface area contributed by atoms with E-state index < -0.39 is 0 Å². The molecule has 0 atom stereocenters. The number of nitrogens with two attached hydrogens (primary N) is 1. The van der Waals surface area contributed by atoms with Crippen LogP contribution in [-0.2, 0) is 4.79 Å². The zero-order chi connectivity index (χ0) is 15.2. The highest BCUT2D eigenvalue weighted by molar-refractivity contribution is 5.91. The molecule has 0 saturated heterocycles. The molecule has 0 heterocycles. The molecule has 0 aromatic heterocycles. The van der Waals surface area contributed by atoms with Crippen LogP contribution in [-0.4, -0.2) is 19.6 Å². The maximum Gasteiger partial charge on any atom is 0.262 e. The maximum absolute atomic E-state index is 12.7. The fraction of sp³-hybridized carbons (Fsp3) is 0.133. The summed E-state index contributed by atoms with van der Waals surface area (Å²) in [6, 6.07) is 10.3. The lowest BCUT2D eigenvalue weighted by Gasteiger charge is -2.11. The number of carbonyl (C=O) groups is 1. The topological polar surface area (TPSA) is 73.6 Å². The van der Waals surface area contributed by atoms with Crippen molar-refractivity contribution in [3.63, 3.8) is 0 Å². The lowest BCUT2D eigenvalue weighted by molar-refractivity contribution is -0.118. The summed E-state index contributed by atoms with van der Waals surface area (Å²) in [6.45, 7) is -0.197. The number of hydrogen-bond donors (Lipinski definition) is 2. The number of benzene rings is 2. The lowest BCUT2D eigenvalue weighted by atomic mass is 10.3. The van der Waals surface area contributed by atoms with Gasteiger partial charge in [-0.15, -0.1) is 0 Å². The van der Waals surface area contributed by atoms with Crippen molar-refractivity contribution in [3.8, 4) is 11.5 Å². The van der Waals surface area contributed by atoms with E-state index in [4.69, 9.17) is 15.2 Å². The van der Waals surface area contributed by atoms with Crippen LogP contribution < -0.4 is 20.5 Å². The highest BCUT2D eigenvalue weighted by atomic mass is 19.1. The second-order valence-corrected chi connectivity index (χ2v) is 4.25. The Morgan fingerprint density at radius 2 is 1.90 bits per heavy atom. The first kappa shape index (κ1) is 14.6. The molecule has 0 bridgehead atoms. The Bertz CT molecular complexity index is 629. The van der Waals surface area contributed by atoms with E-state index in [0.717, 1.165) is 0 Å². The third-order valence-electron chi connectivity index (χ3n) is 2.67. The summed E-state index contributed by atoms with van der Waals surface area (Å²) in [7, 11) is 1.49. The molecular formula is C15H15FN2O3. The van der Waals surface area contributed by atoms with E-state index in [2.05, 4.69) is 5.32 Å². The van der Waals surface area contributed by atoms with Gasteiger partial charge in [0.15, 0.2) is 18.1 Å². The molecule has 0 radical (unpaired) electrons. The Balaban J connectivity index is 1.93. The quantitative estimate of drug-likeness (QED) is 0.829. The number of carbonyl (C=O) groups excluding carboxylic acids is 1. The molecule has 110 valence electrons. The van der Waals surface area contributed by atoms with Crippen LogP contribution in [0.25, 0.3) is 0 Å². The van der Waals surface area contributed by atoms with Gasteiger partial charge in [-0.05, 0) is 36.4 Å². The van der Waals surface area contributed by atoms with Crippen molar-refractivity contribution in [1.29, 1.82) is 0 Å². The third kappa shape index (κ3) is 4.10. The van der Waals surface area contributed by atoms with Crippen molar-refractivity contribution < 1.29 is 18.7 Å². The Kier molecular flexibility index (Phi) is 4.61. The molecule has 1 amide bonds. The first-order valence-corrected chi connectivity index (χ1v) is 6.20. The number of rotatable bonds is 5. The third-order valence-corrected chi connectivity index (χ3v) is 2.67. The van der Waals surface area contributed by atoms with Gasteiger partial charge in [-0.3, -0.25) is 4.79 Å². The first-order chi connectivity index (χ1) is 10.1. The number of methoxy groups -OCH3 is 1. The van der Waals surface area contributed by atoms with Gasteiger partial charge in [0.25, 0.3) is 5.91 Å². The van der Waals surface area contributed by atoms with Crippen LogP contribution in [0.2, 0.25) is 0 Å². The summed E-state index contributed by atoms with van der Waals surface area (Å²) in [5, 5.41) is 2.59. The highest BCUT2D eigenvalue weighted by Crippen LogP contribution is 2.28. The number of nitrogens with one attached hydrogen (secondary N) is 1. The summed E-state index contributed by atoms with van der Waals surface area (Å²) in [6.07, 6.45) is 0.